The molecule has 120 valence electrons. The number of rotatable bonds is 7. The van der Waals surface area contributed by atoms with Crippen LogP contribution in [0.4, 0.5) is 0 Å². The predicted molar refractivity (Wildman–Crippen MR) is 94.5 cm³/mol. The number of aromatic nitrogens is 2. The number of hydrogen-bond acceptors (Lipinski definition) is 3. The first-order valence-electron chi connectivity index (χ1n) is 7.49. The predicted octanol–water partition coefficient (Wildman–Crippen LogP) is 3.39. The zero-order valence-electron chi connectivity index (χ0n) is 14.2. The highest BCUT2D eigenvalue weighted by molar-refractivity contribution is 9.10. The Morgan fingerprint density at radius 1 is 1.43 bits per heavy atom. The summed E-state index contributed by atoms with van der Waals surface area (Å²) in [5.41, 5.74) is 2.64. The van der Waals surface area contributed by atoms with E-state index in [1.54, 1.807) is 0 Å². The summed E-state index contributed by atoms with van der Waals surface area (Å²) in [4.78, 5) is 2.17. The summed E-state index contributed by atoms with van der Waals surface area (Å²) >= 11 is 3.61. The van der Waals surface area contributed by atoms with Crippen LogP contribution in [-0.2, 0) is 6.54 Å². The van der Waals surface area contributed by atoms with Crippen LogP contribution in [0.3, 0.4) is 0 Å². The van der Waals surface area contributed by atoms with Crippen LogP contribution >= 0.6 is 15.9 Å². The molecule has 5 heteroatoms. The Morgan fingerprint density at radius 2 is 2.10 bits per heavy atom. The normalized spacial score (nSPS) is 13.2. The fraction of sp³-hybridized carbons (Fsp3) is 0.688. The quantitative estimate of drug-likeness (QED) is 0.760. The van der Waals surface area contributed by atoms with Crippen LogP contribution < -0.4 is 5.32 Å². The highest BCUT2D eigenvalue weighted by atomic mass is 79.9. The van der Waals surface area contributed by atoms with E-state index in [0.717, 1.165) is 30.5 Å². The van der Waals surface area contributed by atoms with E-state index >= 15 is 0 Å². The second-order valence-corrected chi connectivity index (χ2v) is 7.57. The summed E-state index contributed by atoms with van der Waals surface area (Å²) in [6.45, 7) is 11.6. The van der Waals surface area contributed by atoms with Gasteiger partial charge in [0.15, 0.2) is 0 Å². The van der Waals surface area contributed by atoms with Crippen LogP contribution in [0.25, 0.3) is 5.57 Å². The van der Waals surface area contributed by atoms with Crippen molar-refractivity contribution >= 4 is 21.5 Å². The van der Waals surface area contributed by atoms with Gasteiger partial charge < -0.3 is 10.2 Å². The lowest BCUT2D eigenvalue weighted by atomic mass is 10.1. The third-order valence-corrected chi connectivity index (χ3v) is 3.76. The molecule has 0 saturated heterocycles. The van der Waals surface area contributed by atoms with Crippen LogP contribution in [0, 0.1) is 0 Å². The van der Waals surface area contributed by atoms with Crippen molar-refractivity contribution in [2.45, 2.75) is 46.2 Å². The lowest BCUT2D eigenvalue weighted by molar-refractivity contribution is 0.372. The fourth-order valence-corrected chi connectivity index (χ4v) is 2.66. The lowest BCUT2D eigenvalue weighted by Crippen LogP contribution is -2.36. The van der Waals surface area contributed by atoms with Crippen molar-refractivity contribution in [2.24, 2.45) is 0 Å². The van der Waals surface area contributed by atoms with Gasteiger partial charge in [0.1, 0.15) is 0 Å². The Balaban J connectivity index is 2.68. The molecule has 0 bridgehead atoms. The molecule has 21 heavy (non-hydrogen) atoms. The summed E-state index contributed by atoms with van der Waals surface area (Å²) in [5, 5.41) is 7.97. The van der Waals surface area contributed by atoms with E-state index in [2.05, 4.69) is 83.8 Å². The van der Waals surface area contributed by atoms with Gasteiger partial charge in [0.05, 0.1) is 22.9 Å². The maximum Gasteiger partial charge on any atom is 0.0778 e. The molecule has 1 N–H and O–H groups in total. The van der Waals surface area contributed by atoms with E-state index in [4.69, 9.17) is 0 Å². The maximum atomic E-state index is 4.46. The molecule has 0 unspecified atom stereocenters. The number of halogens is 1. The molecular formula is C16H29BrN4. The number of likely N-dealkylation sites (N-methyl/N-ethyl adjacent to an activating group) is 1. The van der Waals surface area contributed by atoms with Gasteiger partial charge in [-0.2, -0.15) is 5.10 Å². The minimum Gasteiger partial charge on any atom is -0.312 e. The van der Waals surface area contributed by atoms with Gasteiger partial charge in [-0.05, 0) is 76.3 Å². The van der Waals surface area contributed by atoms with Crippen molar-refractivity contribution in [2.75, 3.05) is 27.2 Å². The molecule has 4 nitrogen and oxygen atoms in total. The van der Waals surface area contributed by atoms with Crippen LogP contribution in [-0.4, -0.2) is 47.4 Å². The topological polar surface area (TPSA) is 33.1 Å². The molecule has 0 atom stereocenters. The molecule has 0 saturated carbocycles. The highest BCUT2D eigenvalue weighted by Crippen LogP contribution is 2.24. The van der Waals surface area contributed by atoms with Crippen molar-refractivity contribution < 1.29 is 0 Å². The van der Waals surface area contributed by atoms with Crippen LogP contribution in [0.2, 0.25) is 0 Å². The van der Waals surface area contributed by atoms with Gasteiger partial charge in [0.25, 0.3) is 0 Å². The first-order chi connectivity index (χ1) is 9.70. The summed E-state index contributed by atoms with van der Waals surface area (Å²) in [6.07, 6.45) is 5.19. The molecule has 1 heterocycles. The number of nitrogens with one attached hydrogen (secondary N) is 1. The zero-order chi connectivity index (χ0) is 16.0. The summed E-state index contributed by atoms with van der Waals surface area (Å²) in [6, 6.07) is 0. The second-order valence-electron chi connectivity index (χ2n) is 6.72. The average molecular weight is 357 g/mol. The maximum absolute atomic E-state index is 4.46. The van der Waals surface area contributed by atoms with Gasteiger partial charge in [0.2, 0.25) is 0 Å². The smallest absolute Gasteiger partial charge is 0.0778 e. The largest absolute Gasteiger partial charge is 0.312 e. The molecule has 0 spiro atoms. The Bertz CT molecular complexity index is 469. The Morgan fingerprint density at radius 3 is 2.67 bits per heavy atom. The van der Waals surface area contributed by atoms with Crippen molar-refractivity contribution in [3.8, 4) is 0 Å². The Labute approximate surface area is 137 Å². The molecule has 1 rings (SSSR count). The molecule has 0 fully saturated rings. The Kier molecular flexibility index (Phi) is 7.10. The van der Waals surface area contributed by atoms with Gasteiger partial charge in [-0.25, -0.2) is 0 Å². The first kappa shape index (κ1) is 18.4. The highest BCUT2D eigenvalue weighted by Gasteiger charge is 2.11. The molecule has 0 aromatic carbocycles. The molecule has 0 amide bonds. The minimum atomic E-state index is 0.176. The molecule has 1 aromatic heterocycles. The van der Waals surface area contributed by atoms with Crippen molar-refractivity contribution in [1.82, 2.24) is 20.0 Å². The molecule has 0 aliphatic carbocycles. The number of allylic oxidation sites excluding steroid dienone is 1. The standard InChI is InChI=1S/C16H29BrN4/c1-13(8-7-9-18-16(2,3)4)15-14(17)12-19-21(15)11-10-20(5)6/h8,12,18H,7,9-11H2,1-6H3. The van der Waals surface area contributed by atoms with Gasteiger partial charge in [-0.15, -0.1) is 0 Å². The van der Waals surface area contributed by atoms with Gasteiger partial charge in [0, 0.05) is 12.1 Å². The van der Waals surface area contributed by atoms with Crippen LogP contribution in [0.5, 0.6) is 0 Å². The van der Waals surface area contributed by atoms with E-state index in [0.29, 0.717) is 0 Å². The van der Waals surface area contributed by atoms with Gasteiger partial charge in [-0.1, -0.05) is 6.08 Å². The number of nitrogens with zero attached hydrogens (tertiary/aromatic N) is 3. The van der Waals surface area contributed by atoms with Crippen molar-refractivity contribution in [3.63, 3.8) is 0 Å². The van der Waals surface area contributed by atoms with Crippen LogP contribution in [0.15, 0.2) is 16.7 Å². The average Bonchev–Trinajstić information content (AvgIpc) is 2.72. The minimum absolute atomic E-state index is 0.176. The van der Waals surface area contributed by atoms with E-state index in [9.17, 15) is 0 Å². The molecular weight excluding hydrogens is 328 g/mol. The van der Waals surface area contributed by atoms with Crippen molar-refractivity contribution in [3.05, 3.63) is 22.4 Å². The summed E-state index contributed by atoms with van der Waals surface area (Å²) < 4.78 is 3.14. The van der Waals surface area contributed by atoms with Gasteiger partial charge in [-0.3, -0.25) is 4.68 Å². The first-order valence-corrected chi connectivity index (χ1v) is 8.28. The van der Waals surface area contributed by atoms with E-state index < -0.39 is 0 Å². The molecule has 0 radical (unpaired) electrons. The van der Waals surface area contributed by atoms with E-state index in [1.165, 1.54) is 11.3 Å². The van der Waals surface area contributed by atoms with E-state index in [1.807, 2.05) is 6.20 Å². The monoisotopic (exact) mass is 356 g/mol. The third-order valence-electron chi connectivity index (χ3n) is 3.18. The van der Waals surface area contributed by atoms with Gasteiger partial charge >= 0.3 is 0 Å². The van der Waals surface area contributed by atoms with Crippen molar-refractivity contribution in [1.29, 1.82) is 0 Å². The third kappa shape index (κ3) is 6.76. The van der Waals surface area contributed by atoms with Crippen LogP contribution in [0.1, 0.15) is 39.8 Å². The Hall–Kier alpha value is -0.650. The SMILES string of the molecule is CC(=CCCNC(C)(C)C)c1c(Br)cnn1CCN(C)C. The zero-order valence-corrected chi connectivity index (χ0v) is 15.8. The second kappa shape index (κ2) is 8.11. The van der Waals surface area contributed by atoms with E-state index in [-0.39, 0.29) is 5.54 Å². The molecule has 0 aliphatic heterocycles. The summed E-state index contributed by atoms with van der Waals surface area (Å²) in [5.74, 6) is 0. The molecule has 1 aromatic rings. The fourth-order valence-electron chi connectivity index (χ4n) is 2.05. The lowest BCUT2D eigenvalue weighted by Gasteiger charge is -2.20. The molecule has 0 aliphatic rings. The number of hydrogen-bond donors (Lipinski definition) is 1. The summed E-state index contributed by atoms with van der Waals surface area (Å²) in [7, 11) is 4.16.